The molecule has 0 unspecified atom stereocenters. The van der Waals surface area contributed by atoms with Crippen molar-refractivity contribution in [2.45, 2.75) is 50.0 Å². The van der Waals surface area contributed by atoms with Crippen molar-refractivity contribution in [2.24, 2.45) is 5.92 Å². The Morgan fingerprint density at radius 3 is 2.33 bits per heavy atom. The summed E-state index contributed by atoms with van der Waals surface area (Å²) in [6.07, 6.45) is 4.56. The van der Waals surface area contributed by atoms with E-state index in [-0.39, 0.29) is 29.4 Å². The number of nitrogens with one attached hydrogen (secondary N) is 1. The van der Waals surface area contributed by atoms with Gasteiger partial charge >= 0.3 is 12.0 Å². The van der Waals surface area contributed by atoms with Crippen LogP contribution in [0.2, 0.25) is 0 Å². The van der Waals surface area contributed by atoms with Gasteiger partial charge in [-0.3, -0.25) is 14.9 Å². The number of carboxylic acids is 1. The van der Waals surface area contributed by atoms with Crippen LogP contribution in [0.3, 0.4) is 0 Å². The fourth-order valence-corrected chi connectivity index (χ4v) is 4.47. The fourth-order valence-electron chi connectivity index (χ4n) is 4.47. The number of carboxylic acid groups (broad SMARTS) is 1. The molecule has 0 atom stereocenters. The topological polar surface area (TPSA) is 115 Å². The molecule has 1 heterocycles. The van der Waals surface area contributed by atoms with E-state index in [9.17, 15) is 9.59 Å². The number of aromatic nitrogens is 2. The zero-order valence-corrected chi connectivity index (χ0v) is 18.1. The minimum absolute atomic E-state index is 0.00329. The van der Waals surface area contributed by atoms with E-state index in [1.165, 1.54) is 0 Å². The molecular formula is C25H25N3O5. The molecule has 3 aromatic rings. The second-order valence-corrected chi connectivity index (χ2v) is 8.78. The van der Waals surface area contributed by atoms with Crippen LogP contribution in [0.4, 0.5) is 6.01 Å². The standard InChI is InChI=1S/C25H25N3O5/c29-21(16-6-10-19(11-7-16)32-20-12-8-17(9-13-20)22(30)31)26-24-27-23(28-33-24)25(14-15-25)18-4-2-1-3-5-18/h1-7,10-11,17,20H,8-9,12-15H2,(H,30,31)(H,26,27,28,29). The highest BCUT2D eigenvalue weighted by Crippen LogP contribution is 2.52. The number of carbonyl (C=O) groups is 2. The summed E-state index contributed by atoms with van der Waals surface area (Å²) < 4.78 is 11.3. The van der Waals surface area contributed by atoms with Crippen LogP contribution in [-0.4, -0.2) is 33.2 Å². The molecule has 2 aliphatic carbocycles. The Kier molecular flexibility index (Phi) is 5.58. The summed E-state index contributed by atoms with van der Waals surface area (Å²) >= 11 is 0. The molecule has 170 valence electrons. The number of carbonyl (C=O) groups excluding carboxylic acids is 1. The molecule has 2 saturated carbocycles. The van der Waals surface area contributed by atoms with Crippen LogP contribution in [0.25, 0.3) is 0 Å². The van der Waals surface area contributed by atoms with Crippen molar-refractivity contribution < 1.29 is 24.0 Å². The van der Waals surface area contributed by atoms with Gasteiger partial charge in [-0.2, -0.15) is 4.98 Å². The van der Waals surface area contributed by atoms with Crippen molar-refractivity contribution in [2.75, 3.05) is 5.32 Å². The average Bonchev–Trinajstić information content (AvgIpc) is 3.52. The van der Waals surface area contributed by atoms with E-state index in [1.54, 1.807) is 24.3 Å². The summed E-state index contributed by atoms with van der Waals surface area (Å²) in [6.45, 7) is 0. The monoisotopic (exact) mass is 447 g/mol. The Labute approximate surface area is 191 Å². The molecule has 0 bridgehead atoms. The highest BCUT2D eigenvalue weighted by molar-refractivity contribution is 6.03. The zero-order valence-electron chi connectivity index (χ0n) is 18.1. The first-order valence-corrected chi connectivity index (χ1v) is 11.2. The summed E-state index contributed by atoms with van der Waals surface area (Å²) in [5.74, 6) is -0.106. The average molecular weight is 447 g/mol. The van der Waals surface area contributed by atoms with Crippen molar-refractivity contribution in [1.29, 1.82) is 0 Å². The van der Waals surface area contributed by atoms with Crippen LogP contribution in [0.5, 0.6) is 5.75 Å². The number of ether oxygens (including phenoxy) is 1. The third-order valence-electron chi connectivity index (χ3n) is 6.59. The highest BCUT2D eigenvalue weighted by Gasteiger charge is 2.50. The third kappa shape index (κ3) is 4.46. The summed E-state index contributed by atoms with van der Waals surface area (Å²) in [5.41, 5.74) is 1.37. The summed E-state index contributed by atoms with van der Waals surface area (Å²) in [6, 6.07) is 17.0. The highest BCUT2D eigenvalue weighted by atomic mass is 16.5. The molecule has 8 nitrogen and oxygen atoms in total. The molecule has 1 amide bonds. The second-order valence-electron chi connectivity index (χ2n) is 8.78. The first-order chi connectivity index (χ1) is 16.0. The van der Waals surface area contributed by atoms with Gasteiger partial charge in [0.15, 0.2) is 5.82 Å². The summed E-state index contributed by atoms with van der Waals surface area (Å²) in [4.78, 5) is 28.1. The molecule has 5 rings (SSSR count). The van der Waals surface area contributed by atoms with E-state index in [0.29, 0.717) is 42.8 Å². The van der Waals surface area contributed by atoms with Crippen molar-refractivity contribution in [1.82, 2.24) is 10.1 Å². The van der Waals surface area contributed by atoms with Crippen LogP contribution in [0, 0.1) is 5.92 Å². The molecular weight excluding hydrogens is 422 g/mol. The molecule has 2 aliphatic rings. The van der Waals surface area contributed by atoms with Gasteiger partial charge in [-0.1, -0.05) is 35.5 Å². The van der Waals surface area contributed by atoms with Crippen molar-refractivity contribution in [3.05, 3.63) is 71.5 Å². The minimum Gasteiger partial charge on any atom is -0.490 e. The van der Waals surface area contributed by atoms with E-state index in [4.69, 9.17) is 14.4 Å². The van der Waals surface area contributed by atoms with Crippen molar-refractivity contribution in [3.63, 3.8) is 0 Å². The van der Waals surface area contributed by atoms with E-state index in [2.05, 4.69) is 27.6 Å². The van der Waals surface area contributed by atoms with Gasteiger partial charge in [0.25, 0.3) is 5.91 Å². The normalized spacial score (nSPS) is 21.2. The maximum atomic E-state index is 12.6. The molecule has 8 heteroatoms. The third-order valence-corrected chi connectivity index (χ3v) is 6.59. The van der Waals surface area contributed by atoms with Gasteiger partial charge in [0.1, 0.15) is 5.75 Å². The maximum absolute atomic E-state index is 12.6. The second kappa shape index (κ2) is 8.69. The van der Waals surface area contributed by atoms with Crippen LogP contribution < -0.4 is 10.1 Å². The van der Waals surface area contributed by atoms with E-state index < -0.39 is 5.97 Å². The lowest BCUT2D eigenvalue weighted by atomic mass is 9.87. The first-order valence-electron chi connectivity index (χ1n) is 11.2. The van der Waals surface area contributed by atoms with Gasteiger partial charge in [-0.05, 0) is 68.4 Å². The lowest BCUT2D eigenvalue weighted by Crippen LogP contribution is -2.27. The molecule has 0 saturated heterocycles. The minimum atomic E-state index is -0.732. The number of benzene rings is 2. The Bertz CT molecular complexity index is 1130. The van der Waals surface area contributed by atoms with Crippen molar-refractivity contribution >= 4 is 17.9 Å². The Balaban J connectivity index is 1.18. The number of anilines is 1. The maximum Gasteiger partial charge on any atom is 0.328 e. The van der Waals surface area contributed by atoms with Crippen LogP contribution in [0.15, 0.2) is 59.1 Å². The molecule has 1 aromatic heterocycles. The van der Waals surface area contributed by atoms with E-state index in [0.717, 1.165) is 18.4 Å². The Hall–Kier alpha value is -3.68. The fraction of sp³-hybridized carbons (Fsp3) is 0.360. The molecule has 2 N–H and O–H groups in total. The summed E-state index contributed by atoms with van der Waals surface area (Å²) in [5, 5.41) is 15.9. The number of nitrogens with zero attached hydrogens (tertiary/aromatic N) is 2. The SMILES string of the molecule is O=C(Nc1nc(C2(c3ccccc3)CC2)no1)c1ccc(OC2CCC(C(=O)O)CC2)cc1. The van der Waals surface area contributed by atoms with Crippen molar-refractivity contribution in [3.8, 4) is 5.75 Å². The van der Waals surface area contributed by atoms with Gasteiger partial charge in [0.2, 0.25) is 0 Å². The molecule has 0 aliphatic heterocycles. The lowest BCUT2D eigenvalue weighted by Gasteiger charge is -2.26. The quantitative estimate of drug-likeness (QED) is 0.551. The molecule has 33 heavy (non-hydrogen) atoms. The van der Waals surface area contributed by atoms with Crippen LogP contribution in [-0.2, 0) is 10.2 Å². The predicted octanol–water partition coefficient (Wildman–Crippen LogP) is 4.42. The number of aliphatic carboxylic acids is 1. The predicted molar refractivity (Wildman–Crippen MR) is 119 cm³/mol. The first kappa shape index (κ1) is 21.2. The Morgan fingerprint density at radius 1 is 1.00 bits per heavy atom. The molecule has 2 aromatic carbocycles. The van der Waals surface area contributed by atoms with E-state index in [1.807, 2.05) is 18.2 Å². The lowest BCUT2D eigenvalue weighted by molar-refractivity contribution is -0.143. The Morgan fingerprint density at radius 2 is 1.70 bits per heavy atom. The van der Waals surface area contributed by atoms with Gasteiger partial charge in [-0.25, -0.2) is 0 Å². The van der Waals surface area contributed by atoms with E-state index >= 15 is 0 Å². The number of rotatable bonds is 7. The molecule has 2 fully saturated rings. The van der Waals surface area contributed by atoms with Gasteiger partial charge in [-0.15, -0.1) is 0 Å². The van der Waals surface area contributed by atoms with Gasteiger partial charge in [0, 0.05) is 5.56 Å². The molecule has 0 spiro atoms. The summed E-state index contributed by atoms with van der Waals surface area (Å²) in [7, 11) is 0. The van der Waals surface area contributed by atoms with Crippen LogP contribution in [0.1, 0.15) is 60.3 Å². The smallest absolute Gasteiger partial charge is 0.328 e. The van der Waals surface area contributed by atoms with Gasteiger partial charge in [0.05, 0.1) is 17.4 Å². The molecule has 0 radical (unpaired) electrons. The number of hydrogen-bond donors (Lipinski definition) is 2. The number of hydrogen-bond acceptors (Lipinski definition) is 6. The number of amides is 1. The van der Waals surface area contributed by atoms with Gasteiger partial charge < -0.3 is 14.4 Å². The largest absolute Gasteiger partial charge is 0.490 e. The van der Waals surface area contributed by atoms with Crippen LogP contribution >= 0.6 is 0 Å². The zero-order chi connectivity index (χ0) is 22.8.